The molecule has 1 N–H and O–H groups in total. The summed E-state index contributed by atoms with van der Waals surface area (Å²) in [6.07, 6.45) is 0. The van der Waals surface area contributed by atoms with Gasteiger partial charge in [0, 0.05) is 6.07 Å². The van der Waals surface area contributed by atoms with Gasteiger partial charge in [-0.15, -0.1) is 0 Å². The van der Waals surface area contributed by atoms with Gasteiger partial charge in [-0.1, -0.05) is 30.3 Å². The molecule has 0 saturated heterocycles. The largest absolute Gasteiger partial charge is 0.493 e. The third-order valence-electron chi connectivity index (χ3n) is 3.52. The van der Waals surface area contributed by atoms with E-state index in [-0.39, 0.29) is 5.56 Å². The van der Waals surface area contributed by atoms with E-state index in [4.69, 9.17) is 9.47 Å². The molecule has 0 amide bonds. The van der Waals surface area contributed by atoms with Gasteiger partial charge in [-0.05, 0) is 18.6 Å². The highest BCUT2D eigenvalue weighted by Crippen LogP contribution is 2.30. The van der Waals surface area contributed by atoms with E-state index in [2.05, 4.69) is 5.10 Å². The highest BCUT2D eigenvalue weighted by molar-refractivity contribution is 5.82. The zero-order chi connectivity index (χ0) is 15.5. The first kappa shape index (κ1) is 14.3. The van der Waals surface area contributed by atoms with E-state index in [0.717, 1.165) is 11.1 Å². The number of nitrogens with zero attached hydrogens (tertiary/aromatic N) is 1. The molecular weight excluding hydrogens is 280 g/mol. The summed E-state index contributed by atoms with van der Waals surface area (Å²) in [4.78, 5) is 12.5. The zero-order valence-electron chi connectivity index (χ0n) is 12.6. The normalized spacial score (nSPS) is 10.8. The Kier molecular flexibility index (Phi) is 3.87. The fourth-order valence-electron chi connectivity index (χ4n) is 2.48. The first-order valence-electron chi connectivity index (χ1n) is 7.20. The summed E-state index contributed by atoms with van der Waals surface area (Å²) in [6.45, 7) is 2.92. The van der Waals surface area contributed by atoms with Crippen molar-refractivity contribution in [2.45, 2.75) is 13.5 Å². The van der Waals surface area contributed by atoms with Gasteiger partial charge in [0.1, 0.15) is 0 Å². The molecule has 22 heavy (non-hydrogen) atoms. The molecule has 5 heteroatoms. The van der Waals surface area contributed by atoms with Gasteiger partial charge in [0.15, 0.2) is 11.5 Å². The average molecular weight is 298 g/mol. The Hall–Kier alpha value is -2.69. The summed E-state index contributed by atoms with van der Waals surface area (Å²) in [7, 11) is 1.59. The first-order valence-corrected chi connectivity index (χ1v) is 7.20. The third-order valence-corrected chi connectivity index (χ3v) is 3.52. The third kappa shape index (κ3) is 2.57. The number of H-pyrrole nitrogens is 1. The van der Waals surface area contributed by atoms with Crippen molar-refractivity contribution in [3.63, 3.8) is 0 Å². The van der Waals surface area contributed by atoms with Crippen LogP contribution in [0, 0.1) is 0 Å². The number of aromatic nitrogens is 2. The lowest BCUT2D eigenvalue weighted by Crippen LogP contribution is -2.17. The van der Waals surface area contributed by atoms with E-state index in [1.807, 2.05) is 37.3 Å². The van der Waals surface area contributed by atoms with E-state index in [1.54, 1.807) is 23.9 Å². The molecule has 0 aliphatic carbocycles. The van der Waals surface area contributed by atoms with Gasteiger partial charge in [0.05, 0.1) is 31.2 Å². The van der Waals surface area contributed by atoms with Crippen molar-refractivity contribution >= 4 is 10.9 Å². The Balaban J connectivity index is 2.06. The Labute approximate surface area is 128 Å². The topological polar surface area (TPSA) is 56.2 Å². The number of fused-ring (bicyclic) bond motifs is 1. The number of benzene rings is 2. The Bertz CT molecular complexity index is 834. The van der Waals surface area contributed by atoms with E-state index < -0.39 is 0 Å². The second kappa shape index (κ2) is 5.97. The van der Waals surface area contributed by atoms with Gasteiger partial charge >= 0.3 is 0 Å². The molecule has 0 bridgehead atoms. The van der Waals surface area contributed by atoms with Gasteiger partial charge in [0.2, 0.25) is 0 Å². The fraction of sp³-hybridized carbons (Fsp3) is 0.235. The second-order valence-corrected chi connectivity index (χ2v) is 4.97. The van der Waals surface area contributed by atoms with Crippen LogP contribution in [0.5, 0.6) is 11.5 Å². The van der Waals surface area contributed by atoms with Crippen LogP contribution in [0.2, 0.25) is 0 Å². The lowest BCUT2D eigenvalue weighted by atomic mass is 10.2. The predicted octanol–water partition coefficient (Wildman–Crippen LogP) is 2.79. The van der Waals surface area contributed by atoms with Crippen molar-refractivity contribution < 1.29 is 9.47 Å². The van der Waals surface area contributed by atoms with Crippen LogP contribution in [0.15, 0.2) is 47.3 Å². The predicted molar refractivity (Wildman–Crippen MR) is 85.8 cm³/mol. The minimum Gasteiger partial charge on any atom is -0.493 e. The quantitative estimate of drug-likeness (QED) is 0.788. The Morgan fingerprint density at radius 3 is 2.59 bits per heavy atom. The molecular formula is C17H18N2O3. The smallest absolute Gasteiger partial charge is 0.274 e. The van der Waals surface area contributed by atoms with Crippen LogP contribution in [0.1, 0.15) is 12.5 Å². The van der Waals surface area contributed by atoms with Crippen LogP contribution in [-0.2, 0) is 6.54 Å². The van der Waals surface area contributed by atoms with Gasteiger partial charge in [-0.2, -0.15) is 0 Å². The molecule has 0 saturated carbocycles. The van der Waals surface area contributed by atoms with E-state index in [1.165, 1.54) is 0 Å². The zero-order valence-corrected chi connectivity index (χ0v) is 12.6. The van der Waals surface area contributed by atoms with Crippen molar-refractivity contribution in [3.05, 3.63) is 58.4 Å². The van der Waals surface area contributed by atoms with Crippen molar-refractivity contribution in [3.8, 4) is 11.5 Å². The Morgan fingerprint density at radius 1 is 1.14 bits per heavy atom. The van der Waals surface area contributed by atoms with Crippen LogP contribution in [0.4, 0.5) is 0 Å². The van der Waals surface area contributed by atoms with Crippen LogP contribution >= 0.6 is 0 Å². The highest BCUT2D eigenvalue weighted by atomic mass is 16.5. The minimum atomic E-state index is -0.0672. The summed E-state index contributed by atoms with van der Waals surface area (Å²) >= 11 is 0. The SMILES string of the molecule is CCOc1cc2c(=O)n(Cc3ccccc3)[nH]c2cc1OC. The Morgan fingerprint density at radius 2 is 1.91 bits per heavy atom. The van der Waals surface area contributed by atoms with Gasteiger partial charge in [-0.3, -0.25) is 9.89 Å². The maximum absolute atomic E-state index is 12.5. The van der Waals surface area contributed by atoms with E-state index in [0.29, 0.717) is 30.0 Å². The van der Waals surface area contributed by atoms with Crippen LogP contribution in [-0.4, -0.2) is 23.5 Å². The van der Waals surface area contributed by atoms with E-state index in [9.17, 15) is 4.79 Å². The summed E-state index contributed by atoms with van der Waals surface area (Å²) in [5.74, 6) is 1.20. The number of rotatable bonds is 5. The lowest BCUT2D eigenvalue weighted by Gasteiger charge is -2.08. The summed E-state index contributed by atoms with van der Waals surface area (Å²) in [5.41, 5.74) is 1.73. The number of hydrogen-bond acceptors (Lipinski definition) is 3. The van der Waals surface area contributed by atoms with Crippen LogP contribution in [0.25, 0.3) is 10.9 Å². The molecule has 0 aliphatic heterocycles. The summed E-state index contributed by atoms with van der Waals surface area (Å²) in [6, 6.07) is 13.4. The number of methoxy groups -OCH3 is 1. The fourth-order valence-corrected chi connectivity index (χ4v) is 2.48. The standard InChI is InChI=1S/C17H18N2O3/c1-3-22-16-9-13-14(10-15(16)21-2)18-19(17(13)20)11-12-7-5-4-6-8-12/h4-10,18H,3,11H2,1-2H3. The molecule has 0 unspecified atom stereocenters. The molecule has 0 spiro atoms. The molecule has 0 aliphatic rings. The molecule has 0 fully saturated rings. The van der Waals surface area contributed by atoms with Gasteiger partial charge in [-0.25, -0.2) is 4.68 Å². The summed E-state index contributed by atoms with van der Waals surface area (Å²) < 4.78 is 12.4. The van der Waals surface area contributed by atoms with Crippen molar-refractivity contribution in [2.75, 3.05) is 13.7 Å². The number of nitrogens with one attached hydrogen (secondary N) is 1. The van der Waals surface area contributed by atoms with Crippen molar-refractivity contribution in [1.82, 2.24) is 9.78 Å². The van der Waals surface area contributed by atoms with Crippen molar-refractivity contribution in [2.24, 2.45) is 0 Å². The maximum Gasteiger partial charge on any atom is 0.274 e. The number of ether oxygens (including phenoxy) is 2. The van der Waals surface area contributed by atoms with Gasteiger partial charge in [0.25, 0.3) is 5.56 Å². The molecule has 1 heterocycles. The second-order valence-electron chi connectivity index (χ2n) is 4.97. The number of hydrogen-bond donors (Lipinski definition) is 1. The molecule has 3 rings (SSSR count). The highest BCUT2D eigenvalue weighted by Gasteiger charge is 2.13. The number of aromatic amines is 1. The maximum atomic E-state index is 12.5. The van der Waals surface area contributed by atoms with E-state index >= 15 is 0 Å². The molecule has 0 atom stereocenters. The molecule has 1 aromatic heterocycles. The van der Waals surface area contributed by atoms with Crippen LogP contribution in [0.3, 0.4) is 0 Å². The monoisotopic (exact) mass is 298 g/mol. The first-order chi connectivity index (χ1) is 10.7. The van der Waals surface area contributed by atoms with Gasteiger partial charge < -0.3 is 9.47 Å². The minimum absolute atomic E-state index is 0.0672. The van der Waals surface area contributed by atoms with Crippen LogP contribution < -0.4 is 15.0 Å². The molecule has 5 nitrogen and oxygen atoms in total. The lowest BCUT2D eigenvalue weighted by molar-refractivity contribution is 0.311. The average Bonchev–Trinajstić information content (AvgIpc) is 2.84. The molecule has 114 valence electrons. The molecule has 0 radical (unpaired) electrons. The molecule has 2 aromatic carbocycles. The molecule has 3 aromatic rings. The van der Waals surface area contributed by atoms with Crippen molar-refractivity contribution in [1.29, 1.82) is 0 Å². The summed E-state index contributed by atoms with van der Waals surface area (Å²) in [5, 5.41) is 3.72.